The second-order valence-corrected chi connectivity index (χ2v) is 7.97. The third-order valence-corrected chi connectivity index (χ3v) is 5.18. The second-order valence-electron chi connectivity index (χ2n) is 6.55. The van der Waals surface area contributed by atoms with Crippen molar-refractivity contribution in [2.24, 2.45) is 0 Å². The summed E-state index contributed by atoms with van der Waals surface area (Å²) in [7, 11) is -4.12. The van der Waals surface area contributed by atoms with Crippen molar-refractivity contribution >= 4 is 10.1 Å². The van der Waals surface area contributed by atoms with Crippen molar-refractivity contribution in [3.05, 3.63) is 29.3 Å². The second kappa shape index (κ2) is 10.9. The highest BCUT2D eigenvalue weighted by molar-refractivity contribution is 7.85. The van der Waals surface area contributed by atoms with E-state index < -0.39 is 10.1 Å². The molecule has 0 fully saturated rings. The highest BCUT2D eigenvalue weighted by atomic mass is 32.2. The zero-order chi connectivity index (χ0) is 18.0. The van der Waals surface area contributed by atoms with Gasteiger partial charge in [0.25, 0.3) is 10.1 Å². The average molecular weight is 357 g/mol. The van der Waals surface area contributed by atoms with Crippen LogP contribution in [0, 0.1) is 6.92 Å². The van der Waals surface area contributed by atoms with Crippen LogP contribution in [-0.2, 0) is 21.3 Å². The first kappa shape index (κ1) is 21.1. The van der Waals surface area contributed by atoms with Gasteiger partial charge in [0.1, 0.15) is 0 Å². The van der Waals surface area contributed by atoms with Crippen LogP contribution in [0.15, 0.2) is 23.1 Å². The number of aryl methyl sites for hydroxylation is 2. The van der Waals surface area contributed by atoms with E-state index in [1.54, 1.807) is 12.1 Å². The number of benzene rings is 1. The molecule has 5 heteroatoms. The number of unbranched alkanes of at least 4 members (excludes halogenated alkanes) is 4. The van der Waals surface area contributed by atoms with Crippen molar-refractivity contribution < 1.29 is 17.7 Å². The number of rotatable bonds is 12. The molecule has 0 aromatic heterocycles. The van der Waals surface area contributed by atoms with E-state index in [4.69, 9.17) is 9.29 Å². The first-order valence-electron chi connectivity index (χ1n) is 9.03. The molecule has 0 spiro atoms. The van der Waals surface area contributed by atoms with Crippen LogP contribution in [0.4, 0.5) is 0 Å². The van der Waals surface area contributed by atoms with Crippen LogP contribution in [0.3, 0.4) is 0 Å². The molecule has 0 saturated carbocycles. The molecule has 0 heterocycles. The average Bonchev–Trinajstić information content (AvgIpc) is 2.51. The first-order valence-corrected chi connectivity index (χ1v) is 10.5. The molecule has 4 nitrogen and oxygen atoms in total. The predicted octanol–water partition coefficient (Wildman–Crippen LogP) is 4.94. The van der Waals surface area contributed by atoms with Crippen LogP contribution in [0.1, 0.15) is 69.9 Å². The van der Waals surface area contributed by atoms with E-state index >= 15 is 0 Å². The topological polar surface area (TPSA) is 63.6 Å². The zero-order valence-electron chi connectivity index (χ0n) is 15.3. The van der Waals surface area contributed by atoms with Gasteiger partial charge < -0.3 is 4.74 Å². The van der Waals surface area contributed by atoms with Gasteiger partial charge in [0.15, 0.2) is 0 Å². The van der Waals surface area contributed by atoms with Crippen molar-refractivity contribution in [2.75, 3.05) is 6.61 Å². The van der Waals surface area contributed by atoms with E-state index in [2.05, 4.69) is 13.8 Å². The summed E-state index contributed by atoms with van der Waals surface area (Å²) >= 11 is 0. The number of ether oxygens (including phenoxy) is 1. The summed E-state index contributed by atoms with van der Waals surface area (Å²) in [5.74, 6) is 0. The van der Waals surface area contributed by atoms with Crippen molar-refractivity contribution in [2.45, 2.75) is 83.1 Å². The Balaban J connectivity index is 2.28. The Kier molecular flexibility index (Phi) is 9.56. The molecular formula is C19H32O4S. The van der Waals surface area contributed by atoms with Crippen molar-refractivity contribution in [3.8, 4) is 0 Å². The Hall–Kier alpha value is -0.910. The Morgan fingerprint density at radius 2 is 1.88 bits per heavy atom. The molecular weight excluding hydrogens is 324 g/mol. The van der Waals surface area contributed by atoms with Gasteiger partial charge in [-0.15, -0.1) is 0 Å². The molecule has 1 aromatic carbocycles. The maximum atomic E-state index is 11.2. The Labute approximate surface area is 147 Å². The van der Waals surface area contributed by atoms with E-state index in [9.17, 15) is 8.42 Å². The predicted molar refractivity (Wildman–Crippen MR) is 98.1 cm³/mol. The fourth-order valence-electron chi connectivity index (χ4n) is 2.72. The molecule has 0 aliphatic heterocycles. The van der Waals surface area contributed by atoms with Crippen LogP contribution in [0.5, 0.6) is 0 Å². The summed E-state index contributed by atoms with van der Waals surface area (Å²) in [5, 5.41) is 0. The third-order valence-electron chi connectivity index (χ3n) is 4.33. The Morgan fingerprint density at radius 3 is 2.54 bits per heavy atom. The molecule has 24 heavy (non-hydrogen) atoms. The highest BCUT2D eigenvalue weighted by Crippen LogP contribution is 2.18. The zero-order valence-corrected chi connectivity index (χ0v) is 16.1. The molecule has 0 aliphatic rings. The summed E-state index contributed by atoms with van der Waals surface area (Å²) in [6.45, 7) is 7.15. The van der Waals surface area contributed by atoms with Gasteiger partial charge in [-0.2, -0.15) is 8.42 Å². The lowest BCUT2D eigenvalue weighted by atomic mass is 10.0. The van der Waals surface area contributed by atoms with Gasteiger partial charge in [-0.3, -0.25) is 4.55 Å². The van der Waals surface area contributed by atoms with Crippen LogP contribution < -0.4 is 0 Å². The lowest BCUT2D eigenvalue weighted by molar-refractivity contribution is 0.0559. The van der Waals surface area contributed by atoms with Gasteiger partial charge in [-0.1, -0.05) is 38.7 Å². The molecule has 1 rings (SSSR count). The van der Waals surface area contributed by atoms with E-state index in [0.29, 0.717) is 6.10 Å². The lowest BCUT2D eigenvalue weighted by Crippen LogP contribution is -2.09. The SMILES string of the molecule is CCCCCOC(C)CCCCCc1cc(S(=O)(=O)O)ccc1C. The van der Waals surface area contributed by atoms with E-state index in [1.807, 2.05) is 6.92 Å². The minimum atomic E-state index is -4.12. The number of hydrogen-bond donors (Lipinski definition) is 1. The van der Waals surface area contributed by atoms with E-state index in [1.165, 1.54) is 18.9 Å². The van der Waals surface area contributed by atoms with Crippen LogP contribution >= 0.6 is 0 Å². The lowest BCUT2D eigenvalue weighted by Gasteiger charge is -2.13. The molecule has 1 N–H and O–H groups in total. The minimum Gasteiger partial charge on any atom is -0.379 e. The highest BCUT2D eigenvalue weighted by Gasteiger charge is 2.11. The largest absolute Gasteiger partial charge is 0.379 e. The third kappa shape index (κ3) is 8.27. The fourth-order valence-corrected chi connectivity index (χ4v) is 3.25. The summed E-state index contributed by atoms with van der Waals surface area (Å²) < 4.78 is 37.4. The van der Waals surface area contributed by atoms with Crippen LogP contribution in [0.2, 0.25) is 0 Å². The molecule has 1 aromatic rings. The molecule has 0 radical (unpaired) electrons. The van der Waals surface area contributed by atoms with Crippen LogP contribution in [0.25, 0.3) is 0 Å². The minimum absolute atomic E-state index is 0.0165. The summed E-state index contributed by atoms with van der Waals surface area (Å²) in [6.07, 6.45) is 9.03. The first-order chi connectivity index (χ1) is 11.3. The molecule has 0 bridgehead atoms. The Morgan fingerprint density at radius 1 is 1.12 bits per heavy atom. The molecule has 0 saturated heterocycles. The summed E-state index contributed by atoms with van der Waals surface area (Å²) in [6, 6.07) is 4.79. The van der Waals surface area contributed by atoms with Crippen molar-refractivity contribution in [3.63, 3.8) is 0 Å². The standard InChI is InChI=1S/C19H32O4S/c1-4-5-9-14-23-17(3)10-7-6-8-11-18-15-19(24(20,21)22)13-12-16(18)2/h12-13,15,17H,4-11,14H2,1-3H3,(H,20,21,22). The van der Waals surface area contributed by atoms with Gasteiger partial charge >= 0.3 is 0 Å². The fraction of sp³-hybridized carbons (Fsp3) is 0.684. The number of hydrogen-bond acceptors (Lipinski definition) is 3. The van der Waals surface area contributed by atoms with Crippen LogP contribution in [-0.4, -0.2) is 25.7 Å². The van der Waals surface area contributed by atoms with Gasteiger partial charge in [-0.25, -0.2) is 0 Å². The maximum absolute atomic E-state index is 11.2. The van der Waals surface area contributed by atoms with Gasteiger partial charge in [0.2, 0.25) is 0 Å². The van der Waals surface area contributed by atoms with Gasteiger partial charge in [0.05, 0.1) is 11.0 Å². The molecule has 0 aliphatic carbocycles. The summed E-state index contributed by atoms with van der Waals surface area (Å²) in [4.78, 5) is -0.0165. The molecule has 0 amide bonds. The van der Waals surface area contributed by atoms with E-state index in [-0.39, 0.29) is 4.90 Å². The molecule has 1 unspecified atom stereocenters. The van der Waals surface area contributed by atoms with Gasteiger partial charge in [0, 0.05) is 6.61 Å². The van der Waals surface area contributed by atoms with Crippen molar-refractivity contribution in [1.82, 2.24) is 0 Å². The molecule has 138 valence electrons. The van der Waals surface area contributed by atoms with Gasteiger partial charge in [-0.05, 0) is 62.8 Å². The normalized spacial score (nSPS) is 13.2. The Bertz CT molecular complexity index is 581. The quantitative estimate of drug-likeness (QED) is 0.425. The van der Waals surface area contributed by atoms with E-state index in [0.717, 1.165) is 56.3 Å². The summed E-state index contributed by atoms with van der Waals surface area (Å²) in [5.41, 5.74) is 2.06. The maximum Gasteiger partial charge on any atom is 0.294 e. The smallest absolute Gasteiger partial charge is 0.294 e. The van der Waals surface area contributed by atoms with Crippen molar-refractivity contribution in [1.29, 1.82) is 0 Å². The monoisotopic (exact) mass is 356 g/mol. The molecule has 1 atom stereocenters.